The van der Waals surface area contributed by atoms with Crippen LogP contribution in [0.1, 0.15) is 20.7 Å². The Kier molecular flexibility index (Phi) is 7.58. The highest BCUT2D eigenvalue weighted by Gasteiger charge is 2.15. The summed E-state index contributed by atoms with van der Waals surface area (Å²) in [6.07, 6.45) is 0. The van der Waals surface area contributed by atoms with Crippen LogP contribution in [0.15, 0.2) is 53.4 Å². The van der Waals surface area contributed by atoms with E-state index in [1.54, 1.807) is 48.5 Å². The van der Waals surface area contributed by atoms with Gasteiger partial charge in [0.05, 0.1) is 11.3 Å². The van der Waals surface area contributed by atoms with Gasteiger partial charge in [0, 0.05) is 23.2 Å². The average molecular weight is 401 g/mol. The molecule has 3 amide bonds. The van der Waals surface area contributed by atoms with Crippen molar-refractivity contribution in [3.05, 3.63) is 59.7 Å². The number of nitrogens with two attached hydrogens (primary N) is 1. The SMILES string of the molecule is CNC(=O)c1ccc(NC(=O)COC(=O)c2ccccc2SCC(N)=O)cc1. The lowest BCUT2D eigenvalue weighted by Gasteiger charge is -2.09. The zero-order valence-electron chi connectivity index (χ0n) is 15.1. The van der Waals surface area contributed by atoms with E-state index in [0.717, 1.165) is 11.8 Å². The summed E-state index contributed by atoms with van der Waals surface area (Å²) < 4.78 is 5.04. The fourth-order valence-corrected chi connectivity index (χ4v) is 2.94. The minimum atomic E-state index is -0.683. The molecule has 146 valence electrons. The number of thioether (sulfide) groups is 1. The van der Waals surface area contributed by atoms with Crippen LogP contribution >= 0.6 is 11.8 Å². The molecule has 0 fully saturated rings. The molecule has 28 heavy (non-hydrogen) atoms. The normalized spacial score (nSPS) is 10.0. The Morgan fingerprint density at radius 1 is 1.04 bits per heavy atom. The molecule has 2 aromatic rings. The molecule has 0 aliphatic rings. The predicted molar refractivity (Wildman–Crippen MR) is 105 cm³/mol. The second kappa shape index (κ2) is 10.1. The molecule has 2 aromatic carbocycles. The number of carbonyl (C=O) groups is 4. The lowest BCUT2D eigenvalue weighted by atomic mass is 10.2. The van der Waals surface area contributed by atoms with Gasteiger partial charge in [-0.2, -0.15) is 0 Å². The maximum atomic E-state index is 12.2. The van der Waals surface area contributed by atoms with Crippen LogP contribution in [0.3, 0.4) is 0 Å². The lowest BCUT2D eigenvalue weighted by molar-refractivity contribution is -0.119. The number of esters is 1. The van der Waals surface area contributed by atoms with E-state index in [0.29, 0.717) is 16.1 Å². The highest BCUT2D eigenvalue weighted by molar-refractivity contribution is 8.00. The third-order valence-electron chi connectivity index (χ3n) is 3.47. The Hall–Kier alpha value is -3.33. The zero-order chi connectivity index (χ0) is 20.5. The number of hydrogen-bond donors (Lipinski definition) is 3. The molecule has 0 saturated carbocycles. The van der Waals surface area contributed by atoms with Crippen LogP contribution < -0.4 is 16.4 Å². The number of anilines is 1. The summed E-state index contributed by atoms with van der Waals surface area (Å²) in [5.74, 6) is -1.92. The van der Waals surface area contributed by atoms with Gasteiger partial charge >= 0.3 is 5.97 Å². The Labute approximate surface area is 165 Å². The zero-order valence-corrected chi connectivity index (χ0v) is 15.9. The van der Waals surface area contributed by atoms with Gasteiger partial charge in [-0.1, -0.05) is 12.1 Å². The van der Waals surface area contributed by atoms with Gasteiger partial charge in [-0.05, 0) is 36.4 Å². The van der Waals surface area contributed by atoms with Gasteiger partial charge in [0.2, 0.25) is 5.91 Å². The van der Waals surface area contributed by atoms with E-state index >= 15 is 0 Å². The van der Waals surface area contributed by atoms with Gasteiger partial charge in [-0.3, -0.25) is 14.4 Å². The summed E-state index contributed by atoms with van der Waals surface area (Å²) in [6, 6.07) is 12.8. The summed E-state index contributed by atoms with van der Waals surface area (Å²) in [7, 11) is 1.52. The fraction of sp³-hybridized carbons (Fsp3) is 0.158. The molecule has 0 saturated heterocycles. The van der Waals surface area contributed by atoms with E-state index < -0.39 is 24.4 Å². The molecular formula is C19H19N3O5S. The Morgan fingerprint density at radius 2 is 1.71 bits per heavy atom. The molecule has 0 spiro atoms. The number of carbonyl (C=O) groups excluding carboxylic acids is 4. The minimum absolute atomic E-state index is 0.0246. The van der Waals surface area contributed by atoms with E-state index in [9.17, 15) is 19.2 Å². The number of primary amides is 1. The van der Waals surface area contributed by atoms with Crippen LogP contribution in [0.4, 0.5) is 5.69 Å². The second-order valence-corrected chi connectivity index (χ2v) is 6.55. The van der Waals surface area contributed by atoms with Crippen molar-refractivity contribution in [1.82, 2.24) is 5.32 Å². The largest absolute Gasteiger partial charge is 0.452 e. The minimum Gasteiger partial charge on any atom is -0.452 e. The lowest BCUT2D eigenvalue weighted by Crippen LogP contribution is -2.21. The maximum absolute atomic E-state index is 12.2. The molecule has 0 unspecified atom stereocenters. The van der Waals surface area contributed by atoms with Crippen LogP contribution in [0.25, 0.3) is 0 Å². The van der Waals surface area contributed by atoms with Gasteiger partial charge in [-0.15, -0.1) is 11.8 Å². The number of nitrogens with one attached hydrogen (secondary N) is 2. The number of ether oxygens (including phenoxy) is 1. The van der Waals surface area contributed by atoms with Crippen molar-refractivity contribution in [3.8, 4) is 0 Å². The van der Waals surface area contributed by atoms with Gasteiger partial charge in [-0.25, -0.2) is 4.79 Å². The quantitative estimate of drug-likeness (QED) is 0.453. The number of rotatable bonds is 8. The Bertz CT molecular complexity index is 883. The Morgan fingerprint density at radius 3 is 2.36 bits per heavy atom. The third-order valence-corrected chi connectivity index (χ3v) is 4.57. The van der Waals surface area contributed by atoms with Crippen molar-refractivity contribution >= 4 is 41.1 Å². The molecule has 9 heteroatoms. The topological polar surface area (TPSA) is 128 Å². The Balaban J connectivity index is 1.91. The standard InChI is InChI=1S/C19H19N3O5S/c1-21-18(25)12-6-8-13(9-7-12)22-17(24)10-27-19(26)14-4-2-3-5-15(14)28-11-16(20)23/h2-9H,10-11H2,1H3,(H2,20,23)(H,21,25)(H,22,24). The smallest absolute Gasteiger partial charge is 0.339 e. The molecule has 4 N–H and O–H groups in total. The second-order valence-electron chi connectivity index (χ2n) is 5.53. The first-order valence-electron chi connectivity index (χ1n) is 8.20. The fourth-order valence-electron chi connectivity index (χ4n) is 2.17. The van der Waals surface area contributed by atoms with E-state index in [1.165, 1.54) is 7.05 Å². The van der Waals surface area contributed by atoms with Crippen molar-refractivity contribution in [2.75, 3.05) is 24.7 Å². The summed E-state index contributed by atoms with van der Waals surface area (Å²) in [5, 5.41) is 5.07. The van der Waals surface area contributed by atoms with Gasteiger partial charge in [0.15, 0.2) is 6.61 Å². The molecule has 0 aliphatic carbocycles. The van der Waals surface area contributed by atoms with E-state index in [1.807, 2.05) is 0 Å². The molecule has 0 heterocycles. The van der Waals surface area contributed by atoms with Crippen LogP contribution in [0.5, 0.6) is 0 Å². The van der Waals surface area contributed by atoms with Crippen molar-refractivity contribution in [2.24, 2.45) is 5.73 Å². The van der Waals surface area contributed by atoms with Gasteiger partial charge in [0.25, 0.3) is 11.8 Å². The number of hydrogen-bond acceptors (Lipinski definition) is 6. The number of benzene rings is 2. The number of amides is 3. The molecule has 2 rings (SSSR count). The van der Waals surface area contributed by atoms with Crippen LogP contribution in [0.2, 0.25) is 0 Å². The van der Waals surface area contributed by atoms with Crippen LogP contribution in [-0.2, 0) is 14.3 Å². The van der Waals surface area contributed by atoms with Crippen molar-refractivity contribution in [2.45, 2.75) is 4.90 Å². The summed E-state index contributed by atoms with van der Waals surface area (Å²) in [5.41, 5.74) is 6.29. The molecular weight excluding hydrogens is 382 g/mol. The maximum Gasteiger partial charge on any atom is 0.339 e. The van der Waals surface area contributed by atoms with E-state index in [-0.39, 0.29) is 17.2 Å². The summed E-state index contributed by atoms with van der Waals surface area (Å²) in [6.45, 7) is -0.481. The summed E-state index contributed by atoms with van der Waals surface area (Å²) in [4.78, 5) is 47.2. The first-order valence-corrected chi connectivity index (χ1v) is 9.18. The molecule has 0 bridgehead atoms. The first-order chi connectivity index (χ1) is 13.4. The van der Waals surface area contributed by atoms with Crippen LogP contribution in [-0.4, -0.2) is 43.1 Å². The predicted octanol–water partition coefficient (Wildman–Crippen LogP) is 1.42. The highest BCUT2D eigenvalue weighted by Crippen LogP contribution is 2.23. The molecule has 0 atom stereocenters. The van der Waals surface area contributed by atoms with Crippen LogP contribution in [0, 0.1) is 0 Å². The molecule has 8 nitrogen and oxygen atoms in total. The van der Waals surface area contributed by atoms with Crippen molar-refractivity contribution in [1.29, 1.82) is 0 Å². The van der Waals surface area contributed by atoms with E-state index in [4.69, 9.17) is 10.5 Å². The molecule has 0 aromatic heterocycles. The van der Waals surface area contributed by atoms with E-state index in [2.05, 4.69) is 10.6 Å². The highest BCUT2D eigenvalue weighted by atomic mass is 32.2. The average Bonchev–Trinajstić information content (AvgIpc) is 2.70. The van der Waals surface area contributed by atoms with Gasteiger partial charge < -0.3 is 21.1 Å². The van der Waals surface area contributed by atoms with Crippen molar-refractivity contribution in [3.63, 3.8) is 0 Å². The molecule has 0 radical (unpaired) electrons. The summed E-state index contributed by atoms with van der Waals surface area (Å²) >= 11 is 1.12. The monoisotopic (exact) mass is 401 g/mol. The first kappa shape index (κ1) is 21.0. The third kappa shape index (κ3) is 6.13. The van der Waals surface area contributed by atoms with Gasteiger partial charge in [0.1, 0.15) is 0 Å². The molecule has 0 aliphatic heterocycles. The van der Waals surface area contributed by atoms with Crippen molar-refractivity contribution < 1.29 is 23.9 Å².